The standard InChI is InChI=1S/C20H27N3O/c1-5-9-18(24)21-16-12-20(3,4)13-17-19(16)14(2)22-23(17)15-10-7-6-8-11-15/h6-8,10-11,16H,5,9,12-13H2,1-4H3,(H,21,24). The predicted octanol–water partition coefficient (Wildman–Crippen LogP) is 4.11. The third-order valence-corrected chi connectivity index (χ3v) is 4.77. The summed E-state index contributed by atoms with van der Waals surface area (Å²) in [6, 6.07) is 10.3. The molecule has 3 rings (SSSR count). The van der Waals surface area contributed by atoms with Crippen LogP contribution in [0.2, 0.25) is 0 Å². The molecule has 0 bridgehead atoms. The highest BCUT2D eigenvalue weighted by Gasteiger charge is 2.37. The van der Waals surface area contributed by atoms with Crippen molar-refractivity contribution >= 4 is 5.91 Å². The molecule has 0 saturated carbocycles. The van der Waals surface area contributed by atoms with Crippen molar-refractivity contribution in [1.82, 2.24) is 15.1 Å². The van der Waals surface area contributed by atoms with E-state index in [2.05, 4.69) is 42.9 Å². The molecule has 4 nitrogen and oxygen atoms in total. The van der Waals surface area contributed by atoms with E-state index in [9.17, 15) is 4.79 Å². The van der Waals surface area contributed by atoms with Crippen molar-refractivity contribution in [3.8, 4) is 5.69 Å². The monoisotopic (exact) mass is 325 g/mol. The number of hydrogen-bond donors (Lipinski definition) is 1. The fraction of sp³-hybridized carbons (Fsp3) is 0.500. The summed E-state index contributed by atoms with van der Waals surface area (Å²) in [5.74, 6) is 0.137. The molecule has 1 heterocycles. The van der Waals surface area contributed by atoms with E-state index in [1.165, 1.54) is 11.3 Å². The minimum absolute atomic E-state index is 0.0558. The van der Waals surface area contributed by atoms with Crippen LogP contribution in [0.5, 0.6) is 0 Å². The van der Waals surface area contributed by atoms with E-state index in [-0.39, 0.29) is 17.4 Å². The maximum atomic E-state index is 12.2. The third kappa shape index (κ3) is 3.23. The number of nitrogens with zero attached hydrogens (tertiary/aromatic N) is 2. The molecule has 1 amide bonds. The van der Waals surface area contributed by atoms with Gasteiger partial charge in [-0.1, -0.05) is 39.0 Å². The SMILES string of the molecule is CCCC(=O)NC1CC(C)(C)Cc2c1c(C)nn2-c1ccccc1. The summed E-state index contributed by atoms with van der Waals surface area (Å²) in [7, 11) is 0. The van der Waals surface area contributed by atoms with E-state index >= 15 is 0 Å². The zero-order valence-electron chi connectivity index (χ0n) is 15.1. The first-order valence-electron chi connectivity index (χ1n) is 8.84. The van der Waals surface area contributed by atoms with Gasteiger partial charge >= 0.3 is 0 Å². The minimum Gasteiger partial charge on any atom is -0.349 e. The van der Waals surface area contributed by atoms with Gasteiger partial charge in [-0.15, -0.1) is 0 Å². The van der Waals surface area contributed by atoms with Crippen LogP contribution in [0.15, 0.2) is 30.3 Å². The summed E-state index contributed by atoms with van der Waals surface area (Å²) in [6.07, 6.45) is 3.38. The molecule has 0 saturated heterocycles. The molecule has 2 aromatic rings. The molecule has 0 radical (unpaired) electrons. The van der Waals surface area contributed by atoms with Gasteiger partial charge in [-0.3, -0.25) is 4.79 Å². The Kier molecular flexibility index (Phi) is 4.48. The van der Waals surface area contributed by atoms with Crippen LogP contribution >= 0.6 is 0 Å². The molecule has 1 unspecified atom stereocenters. The highest BCUT2D eigenvalue weighted by atomic mass is 16.1. The molecule has 1 aliphatic rings. The lowest BCUT2D eigenvalue weighted by molar-refractivity contribution is -0.122. The Balaban J connectivity index is 2.04. The second kappa shape index (κ2) is 6.42. The molecule has 0 spiro atoms. The lowest BCUT2D eigenvalue weighted by Crippen LogP contribution is -2.37. The predicted molar refractivity (Wildman–Crippen MR) is 96.2 cm³/mol. The van der Waals surface area contributed by atoms with Crippen LogP contribution in [0.25, 0.3) is 5.69 Å². The van der Waals surface area contributed by atoms with Gasteiger partial charge in [0.05, 0.1) is 23.1 Å². The lowest BCUT2D eigenvalue weighted by Gasteiger charge is -2.36. The topological polar surface area (TPSA) is 46.9 Å². The summed E-state index contributed by atoms with van der Waals surface area (Å²) in [4.78, 5) is 12.2. The number of carbonyl (C=O) groups excluding carboxylic acids is 1. The van der Waals surface area contributed by atoms with E-state index in [1.807, 2.05) is 25.1 Å². The summed E-state index contributed by atoms with van der Waals surface area (Å²) < 4.78 is 2.06. The third-order valence-electron chi connectivity index (χ3n) is 4.77. The second-order valence-electron chi connectivity index (χ2n) is 7.61. The van der Waals surface area contributed by atoms with Crippen molar-refractivity contribution in [2.45, 2.75) is 59.4 Å². The first kappa shape index (κ1) is 16.7. The highest BCUT2D eigenvalue weighted by molar-refractivity contribution is 5.76. The molecular formula is C20H27N3O. The van der Waals surface area contributed by atoms with Gasteiger partial charge in [0.1, 0.15) is 0 Å². The minimum atomic E-state index is 0.0558. The van der Waals surface area contributed by atoms with E-state index in [0.29, 0.717) is 6.42 Å². The van der Waals surface area contributed by atoms with Crippen LogP contribution in [0.3, 0.4) is 0 Å². The van der Waals surface area contributed by atoms with Crippen LogP contribution < -0.4 is 5.32 Å². The Morgan fingerprint density at radius 2 is 2.04 bits per heavy atom. The number of nitrogens with one attached hydrogen (secondary N) is 1. The fourth-order valence-electron chi connectivity index (χ4n) is 3.79. The molecule has 128 valence electrons. The highest BCUT2D eigenvalue weighted by Crippen LogP contribution is 2.42. The Hall–Kier alpha value is -2.10. The molecule has 1 aromatic heterocycles. The number of hydrogen-bond acceptors (Lipinski definition) is 2. The molecule has 1 aliphatic carbocycles. The van der Waals surface area contributed by atoms with Crippen molar-refractivity contribution in [2.75, 3.05) is 0 Å². The van der Waals surface area contributed by atoms with Gasteiger partial charge in [-0.2, -0.15) is 5.10 Å². The number of aryl methyl sites for hydroxylation is 1. The van der Waals surface area contributed by atoms with E-state index in [1.54, 1.807) is 0 Å². The Morgan fingerprint density at radius 3 is 2.71 bits per heavy atom. The molecule has 24 heavy (non-hydrogen) atoms. The zero-order chi connectivity index (χ0) is 17.3. The van der Waals surface area contributed by atoms with Crippen LogP contribution in [-0.4, -0.2) is 15.7 Å². The summed E-state index contributed by atoms with van der Waals surface area (Å²) in [5, 5.41) is 8.04. The van der Waals surface area contributed by atoms with E-state index < -0.39 is 0 Å². The van der Waals surface area contributed by atoms with Crippen molar-refractivity contribution in [3.63, 3.8) is 0 Å². The van der Waals surface area contributed by atoms with Gasteiger partial charge < -0.3 is 5.32 Å². The zero-order valence-corrected chi connectivity index (χ0v) is 15.1. The molecule has 1 aromatic carbocycles. The Morgan fingerprint density at radius 1 is 1.33 bits per heavy atom. The lowest BCUT2D eigenvalue weighted by atomic mass is 9.73. The van der Waals surface area contributed by atoms with Crippen LogP contribution in [0.4, 0.5) is 0 Å². The van der Waals surface area contributed by atoms with E-state index in [0.717, 1.165) is 30.6 Å². The van der Waals surface area contributed by atoms with Crippen LogP contribution in [0.1, 0.15) is 63.0 Å². The smallest absolute Gasteiger partial charge is 0.220 e. The summed E-state index contributed by atoms with van der Waals surface area (Å²) in [6.45, 7) is 8.63. The molecular weight excluding hydrogens is 298 g/mol. The average molecular weight is 325 g/mol. The number of carbonyl (C=O) groups is 1. The molecule has 0 fully saturated rings. The number of para-hydroxylation sites is 1. The average Bonchev–Trinajstić information content (AvgIpc) is 2.83. The molecule has 1 atom stereocenters. The van der Waals surface area contributed by atoms with Gasteiger partial charge in [0, 0.05) is 12.0 Å². The Labute approximate surface area is 144 Å². The summed E-state index contributed by atoms with van der Waals surface area (Å²) in [5.41, 5.74) is 4.68. The maximum absolute atomic E-state index is 12.2. The first-order chi connectivity index (χ1) is 11.4. The molecule has 1 N–H and O–H groups in total. The van der Waals surface area contributed by atoms with Gasteiger partial charge in [-0.05, 0) is 43.7 Å². The van der Waals surface area contributed by atoms with Gasteiger partial charge in [-0.25, -0.2) is 4.68 Å². The van der Waals surface area contributed by atoms with Gasteiger partial charge in [0.2, 0.25) is 5.91 Å². The van der Waals surface area contributed by atoms with Crippen molar-refractivity contribution in [3.05, 3.63) is 47.3 Å². The van der Waals surface area contributed by atoms with Crippen LogP contribution in [-0.2, 0) is 11.2 Å². The second-order valence-corrected chi connectivity index (χ2v) is 7.61. The van der Waals surface area contributed by atoms with Crippen molar-refractivity contribution in [2.24, 2.45) is 5.41 Å². The number of benzene rings is 1. The van der Waals surface area contributed by atoms with Crippen LogP contribution in [0, 0.1) is 12.3 Å². The molecule has 4 heteroatoms. The fourth-order valence-corrected chi connectivity index (χ4v) is 3.79. The Bertz CT molecular complexity index is 731. The van der Waals surface area contributed by atoms with Crippen molar-refractivity contribution in [1.29, 1.82) is 0 Å². The van der Waals surface area contributed by atoms with Crippen molar-refractivity contribution < 1.29 is 4.79 Å². The first-order valence-corrected chi connectivity index (χ1v) is 8.84. The quantitative estimate of drug-likeness (QED) is 0.919. The number of aromatic nitrogens is 2. The van der Waals surface area contributed by atoms with Gasteiger partial charge in [0.15, 0.2) is 0 Å². The molecule has 0 aliphatic heterocycles. The number of fused-ring (bicyclic) bond motifs is 1. The maximum Gasteiger partial charge on any atom is 0.220 e. The summed E-state index contributed by atoms with van der Waals surface area (Å²) >= 11 is 0. The number of amides is 1. The van der Waals surface area contributed by atoms with Gasteiger partial charge in [0.25, 0.3) is 0 Å². The number of rotatable bonds is 4. The largest absolute Gasteiger partial charge is 0.349 e. The normalized spacial score (nSPS) is 18.9. The van der Waals surface area contributed by atoms with E-state index in [4.69, 9.17) is 5.10 Å².